The molecule has 0 N–H and O–H groups in total. The molecule has 80 valence electrons. The maximum atomic E-state index is 10.7. The first kappa shape index (κ1) is 11.8. The van der Waals surface area contributed by atoms with E-state index in [4.69, 9.17) is 9.47 Å². The third-order valence-electron chi connectivity index (χ3n) is 1.77. The van der Waals surface area contributed by atoms with Gasteiger partial charge >= 0.3 is 0 Å². The van der Waals surface area contributed by atoms with Gasteiger partial charge in [-0.2, -0.15) is 0 Å². The Labute approximate surface area is 96.8 Å². The van der Waals surface area contributed by atoms with Gasteiger partial charge in [0.25, 0.3) is 0 Å². The van der Waals surface area contributed by atoms with Crippen LogP contribution in [0.1, 0.15) is 10.4 Å². The van der Waals surface area contributed by atoms with E-state index in [0.29, 0.717) is 28.1 Å². The molecule has 1 rings (SSSR count). The van der Waals surface area contributed by atoms with Crippen molar-refractivity contribution < 1.29 is 14.3 Å². The van der Waals surface area contributed by atoms with Crippen LogP contribution in [0, 0.1) is 0 Å². The van der Waals surface area contributed by atoms with Crippen LogP contribution in [0.25, 0.3) is 0 Å². The van der Waals surface area contributed by atoms with Crippen molar-refractivity contribution in [2.75, 3.05) is 13.7 Å². The zero-order chi connectivity index (χ0) is 11.3. The van der Waals surface area contributed by atoms with Gasteiger partial charge in [0.05, 0.1) is 7.11 Å². The molecular formula is C11H11BrO3. The molecule has 0 unspecified atom stereocenters. The number of methoxy groups -OCH3 is 1. The lowest BCUT2D eigenvalue weighted by Crippen LogP contribution is -1.97. The Balaban J connectivity index is 3.08. The minimum absolute atomic E-state index is 0.392. The van der Waals surface area contributed by atoms with Crippen molar-refractivity contribution in [3.05, 3.63) is 34.8 Å². The second kappa shape index (κ2) is 5.56. The predicted molar refractivity (Wildman–Crippen MR) is 61.8 cm³/mol. The van der Waals surface area contributed by atoms with Crippen LogP contribution in [0.5, 0.6) is 11.5 Å². The molecule has 0 heterocycles. The fourth-order valence-corrected chi connectivity index (χ4v) is 1.48. The van der Waals surface area contributed by atoms with Crippen LogP contribution in [0.4, 0.5) is 0 Å². The average Bonchev–Trinajstić information content (AvgIpc) is 2.26. The van der Waals surface area contributed by atoms with E-state index in [0.717, 1.165) is 6.29 Å². The summed E-state index contributed by atoms with van der Waals surface area (Å²) in [7, 11) is 1.53. The first-order valence-corrected chi connectivity index (χ1v) is 5.08. The molecule has 0 aliphatic carbocycles. The van der Waals surface area contributed by atoms with Gasteiger partial charge in [0.15, 0.2) is 17.8 Å². The highest BCUT2D eigenvalue weighted by Gasteiger charge is 2.09. The highest BCUT2D eigenvalue weighted by atomic mass is 79.9. The molecule has 0 aliphatic heterocycles. The molecule has 4 heteroatoms. The second-order valence-electron chi connectivity index (χ2n) is 2.74. The van der Waals surface area contributed by atoms with Gasteiger partial charge in [-0.3, -0.25) is 4.79 Å². The number of aldehydes is 1. The van der Waals surface area contributed by atoms with E-state index >= 15 is 0 Å². The van der Waals surface area contributed by atoms with Gasteiger partial charge in [-0.25, -0.2) is 0 Å². The maximum Gasteiger partial charge on any atom is 0.162 e. The van der Waals surface area contributed by atoms with Gasteiger partial charge < -0.3 is 9.47 Å². The van der Waals surface area contributed by atoms with Gasteiger partial charge in [-0.05, 0) is 28.1 Å². The molecule has 1 aromatic rings. The van der Waals surface area contributed by atoms with E-state index in [1.807, 2.05) is 0 Å². The Kier molecular flexibility index (Phi) is 4.37. The summed E-state index contributed by atoms with van der Waals surface area (Å²) < 4.78 is 11.1. The van der Waals surface area contributed by atoms with Crippen molar-refractivity contribution >= 4 is 22.2 Å². The molecular weight excluding hydrogens is 260 g/mol. The molecule has 0 bridgehead atoms. The molecule has 0 saturated carbocycles. The highest BCUT2D eigenvalue weighted by molar-refractivity contribution is 9.10. The Morgan fingerprint density at radius 1 is 1.47 bits per heavy atom. The minimum atomic E-state index is 0.392. The summed E-state index contributed by atoms with van der Waals surface area (Å²) in [5.74, 6) is 1.11. The van der Waals surface area contributed by atoms with E-state index in [1.165, 1.54) is 7.11 Å². The number of ether oxygens (including phenoxy) is 2. The lowest BCUT2D eigenvalue weighted by atomic mass is 10.2. The van der Waals surface area contributed by atoms with Crippen LogP contribution in [-0.4, -0.2) is 20.0 Å². The molecule has 0 aromatic heterocycles. The van der Waals surface area contributed by atoms with Crippen LogP contribution in [0.2, 0.25) is 0 Å². The van der Waals surface area contributed by atoms with E-state index < -0.39 is 0 Å². The third kappa shape index (κ3) is 2.83. The predicted octanol–water partition coefficient (Wildman–Crippen LogP) is 2.84. The largest absolute Gasteiger partial charge is 0.493 e. The van der Waals surface area contributed by atoms with Crippen molar-refractivity contribution in [2.24, 2.45) is 0 Å². The molecule has 1 aromatic carbocycles. The van der Waals surface area contributed by atoms with Crippen molar-refractivity contribution in [3.8, 4) is 11.5 Å². The van der Waals surface area contributed by atoms with Gasteiger partial charge in [-0.15, -0.1) is 0 Å². The van der Waals surface area contributed by atoms with Gasteiger partial charge in [-0.1, -0.05) is 12.7 Å². The van der Waals surface area contributed by atoms with E-state index in [9.17, 15) is 4.79 Å². The summed E-state index contributed by atoms with van der Waals surface area (Å²) in [6.45, 7) is 3.95. The number of benzene rings is 1. The minimum Gasteiger partial charge on any atom is -0.493 e. The quantitative estimate of drug-likeness (QED) is 0.610. The summed E-state index contributed by atoms with van der Waals surface area (Å²) in [5, 5.41) is 0. The number of hydrogen-bond acceptors (Lipinski definition) is 3. The smallest absolute Gasteiger partial charge is 0.162 e. The molecule has 0 aliphatic rings. The zero-order valence-corrected chi connectivity index (χ0v) is 9.91. The number of carbonyl (C=O) groups is 1. The summed E-state index contributed by atoms with van der Waals surface area (Å²) in [6.07, 6.45) is 2.39. The summed E-state index contributed by atoms with van der Waals surface area (Å²) >= 11 is 3.27. The third-order valence-corrected chi connectivity index (χ3v) is 2.45. The molecule has 0 amide bonds. The van der Waals surface area contributed by atoms with Gasteiger partial charge in [0.2, 0.25) is 0 Å². The first-order valence-electron chi connectivity index (χ1n) is 4.29. The molecule has 0 fully saturated rings. The zero-order valence-electron chi connectivity index (χ0n) is 8.33. The molecule has 3 nitrogen and oxygen atoms in total. The number of carbonyl (C=O) groups excluding carboxylic acids is 1. The Morgan fingerprint density at radius 3 is 2.73 bits per heavy atom. The summed E-state index contributed by atoms with van der Waals surface area (Å²) in [5.41, 5.74) is 0.526. The van der Waals surface area contributed by atoms with Crippen LogP contribution in [-0.2, 0) is 0 Å². The maximum absolute atomic E-state index is 10.7. The van der Waals surface area contributed by atoms with E-state index in [-0.39, 0.29) is 0 Å². The molecule has 0 atom stereocenters. The number of hydrogen-bond donors (Lipinski definition) is 0. The molecule has 15 heavy (non-hydrogen) atoms. The standard InChI is InChI=1S/C11H11BrO3/c1-3-4-15-11-6-9(12)8(7-13)5-10(11)14-2/h3,5-7H,1,4H2,2H3. The first-order chi connectivity index (χ1) is 7.22. The van der Waals surface area contributed by atoms with Crippen molar-refractivity contribution in [3.63, 3.8) is 0 Å². The Morgan fingerprint density at radius 2 is 2.20 bits per heavy atom. The van der Waals surface area contributed by atoms with Crippen molar-refractivity contribution in [1.82, 2.24) is 0 Å². The summed E-state index contributed by atoms with van der Waals surface area (Å²) in [4.78, 5) is 10.7. The van der Waals surface area contributed by atoms with Crippen LogP contribution in [0.15, 0.2) is 29.3 Å². The Bertz CT molecular complexity index is 374. The SMILES string of the molecule is C=CCOc1cc(Br)c(C=O)cc1OC. The van der Waals surface area contributed by atoms with Crippen LogP contribution in [0.3, 0.4) is 0 Å². The Hall–Kier alpha value is -1.29. The van der Waals surface area contributed by atoms with Crippen LogP contribution < -0.4 is 9.47 Å². The van der Waals surface area contributed by atoms with E-state index in [1.54, 1.807) is 18.2 Å². The fourth-order valence-electron chi connectivity index (χ4n) is 1.06. The van der Waals surface area contributed by atoms with E-state index in [2.05, 4.69) is 22.5 Å². The molecule has 0 spiro atoms. The van der Waals surface area contributed by atoms with Crippen LogP contribution >= 0.6 is 15.9 Å². The highest BCUT2D eigenvalue weighted by Crippen LogP contribution is 2.32. The summed E-state index contributed by atoms with van der Waals surface area (Å²) in [6, 6.07) is 3.32. The fraction of sp³-hybridized carbons (Fsp3) is 0.182. The number of halogens is 1. The normalized spacial score (nSPS) is 9.47. The lowest BCUT2D eigenvalue weighted by Gasteiger charge is -2.10. The lowest BCUT2D eigenvalue weighted by molar-refractivity contribution is 0.112. The second-order valence-corrected chi connectivity index (χ2v) is 3.60. The topological polar surface area (TPSA) is 35.5 Å². The molecule has 0 radical (unpaired) electrons. The van der Waals surface area contributed by atoms with Gasteiger partial charge in [0, 0.05) is 10.0 Å². The van der Waals surface area contributed by atoms with Gasteiger partial charge in [0.1, 0.15) is 6.61 Å². The number of rotatable bonds is 5. The van der Waals surface area contributed by atoms with Crippen molar-refractivity contribution in [2.45, 2.75) is 0 Å². The van der Waals surface area contributed by atoms with Crippen molar-refractivity contribution in [1.29, 1.82) is 0 Å². The average molecular weight is 271 g/mol. The molecule has 0 saturated heterocycles. The monoisotopic (exact) mass is 270 g/mol.